The Balaban J connectivity index is 1.84. The highest BCUT2D eigenvalue weighted by Crippen LogP contribution is 2.71. The first kappa shape index (κ1) is 26.0. The van der Waals surface area contributed by atoms with E-state index in [0.29, 0.717) is 6.42 Å². The van der Waals surface area contributed by atoms with E-state index >= 15 is 8.78 Å². The number of thioether (sulfide) groups is 1. The van der Waals surface area contributed by atoms with Gasteiger partial charge in [0.1, 0.15) is 11.8 Å². The molecule has 0 radical (unpaired) electrons. The number of hydrogen-bond donors (Lipinski definition) is 1. The van der Waals surface area contributed by atoms with Gasteiger partial charge in [-0.2, -0.15) is 0 Å². The molecule has 9 heteroatoms. The van der Waals surface area contributed by atoms with E-state index in [1.807, 2.05) is 13.8 Å². The lowest BCUT2D eigenvalue weighted by molar-refractivity contribution is -0.229. The SMILES string of the molecule is CCC(=O)O[C@]1(CSC(=O)Br)[C@H](C)CC2C3C[C@H](F)C4=CC(=O)C=C[C@]4(C)[C@@]3(F)[C@@H](O)C[C@@]21C. The van der Waals surface area contributed by atoms with Crippen LogP contribution in [0.4, 0.5) is 13.6 Å². The van der Waals surface area contributed by atoms with Crippen LogP contribution in [0.15, 0.2) is 23.8 Å². The number of ketones is 1. The van der Waals surface area contributed by atoms with Crippen molar-refractivity contribution in [3.05, 3.63) is 23.8 Å². The number of hydrogen-bond acceptors (Lipinski definition) is 6. The zero-order valence-corrected chi connectivity index (χ0v) is 22.2. The summed E-state index contributed by atoms with van der Waals surface area (Å²) >= 11 is 3.91. The fourth-order valence-electron chi connectivity index (χ4n) is 7.60. The van der Waals surface area contributed by atoms with Crippen LogP contribution in [-0.2, 0) is 14.3 Å². The van der Waals surface area contributed by atoms with Crippen LogP contribution in [0.1, 0.15) is 53.4 Å². The molecule has 2 unspecified atom stereocenters. The summed E-state index contributed by atoms with van der Waals surface area (Å²) < 4.78 is 38.6. The van der Waals surface area contributed by atoms with Gasteiger partial charge in [0.05, 0.1) is 6.10 Å². The quantitative estimate of drug-likeness (QED) is 0.361. The first-order chi connectivity index (χ1) is 15.8. The van der Waals surface area contributed by atoms with Crippen LogP contribution in [0, 0.1) is 28.6 Å². The second-order valence-electron chi connectivity index (χ2n) is 10.7. The molecule has 4 aliphatic rings. The van der Waals surface area contributed by atoms with Crippen LogP contribution >= 0.6 is 27.7 Å². The second kappa shape index (κ2) is 8.51. The lowest BCUT2D eigenvalue weighted by Gasteiger charge is -2.63. The van der Waals surface area contributed by atoms with Gasteiger partial charge in [-0.1, -0.05) is 38.6 Å². The van der Waals surface area contributed by atoms with E-state index in [1.54, 1.807) is 13.8 Å². The number of aliphatic hydroxyl groups excluding tert-OH is 1. The van der Waals surface area contributed by atoms with E-state index < -0.39 is 52.2 Å². The number of carbonyl (C=O) groups is 3. The molecular formula is C25H31BrF2O5S. The van der Waals surface area contributed by atoms with Crippen molar-refractivity contribution in [3.63, 3.8) is 0 Å². The molecule has 0 aliphatic heterocycles. The molecule has 0 aromatic heterocycles. The van der Waals surface area contributed by atoms with Crippen molar-refractivity contribution >= 4 is 43.5 Å². The first-order valence-corrected chi connectivity index (χ1v) is 13.5. The van der Waals surface area contributed by atoms with E-state index in [0.717, 1.165) is 11.8 Å². The highest BCUT2D eigenvalue weighted by Gasteiger charge is 2.76. The number of rotatable bonds is 4. The predicted molar refractivity (Wildman–Crippen MR) is 129 cm³/mol. The molecule has 9 atom stereocenters. The maximum atomic E-state index is 17.3. The number of ether oxygens (including phenoxy) is 1. The molecule has 3 saturated carbocycles. The van der Waals surface area contributed by atoms with E-state index in [-0.39, 0.29) is 46.3 Å². The van der Waals surface area contributed by atoms with Crippen molar-refractivity contribution < 1.29 is 33.0 Å². The fraction of sp³-hybridized carbons (Fsp3) is 0.720. The molecule has 0 saturated heterocycles. The Morgan fingerprint density at radius 3 is 2.59 bits per heavy atom. The molecule has 0 aromatic carbocycles. The number of carbonyl (C=O) groups excluding carboxylic acids is 3. The van der Waals surface area contributed by atoms with Crippen LogP contribution in [0.2, 0.25) is 0 Å². The standard InChI is InChI=1S/C25H31BrF2O5S/c1-5-20(31)33-24(12-34-21(26)32)13(2)8-15-16-10-18(27)17-9-14(29)6-7-22(17,3)25(16,28)19(30)11-23(15,24)4/h6-7,9,13,15-16,18-19,30H,5,8,10-12H2,1-4H3/t13-,15?,16?,18+,19+,22+,23+,24-,25+/m1/s1. The zero-order valence-electron chi connectivity index (χ0n) is 19.8. The van der Waals surface area contributed by atoms with Gasteiger partial charge in [0.15, 0.2) is 11.5 Å². The summed E-state index contributed by atoms with van der Waals surface area (Å²) in [5.74, 6) is -2.14. The summed E-state index contributed by atoms with van der Waals surface area (Å²) in [4.78, 5) is 36.4. The lowest BCUT2D eigenvalue weighted by atomic mass is 9.44. The van der Waals surface area contributed by atoms with E-state index in [2.05, 4.69) is 15.9 Å². The summed E-state index contributed by atoms with van der Waals surface area (Å²) in [6, 6.07) is 0. The highest BCUT2D eigenvalue weighted by atomic mass is 79.9. The number of aliphatic hydroxyl groups is 1. The number of esters is 1. The minimum atomic E-state index is -2.19. The van der Waals surface area contributed by atoms with Gasteiger partial charge in [0.2, 0.25) is 0 Å². The third-order valence-corrected chi connectivity index (χ3v) is 10.9. The zero-order chi connectivity index (χ0) is 25.3. The second-order valence-corrected chi connectivity index (χ2v) is 12.9. The van der Waals surface area contributed by atoms with Gasteiger partial charge < -0.3 is 9.84 Å². The molecule has 0 aromatic rings. The first-order valence-electron chi connectivity index (χ1n) is 11.8. The van der Waals surface area contributed by atoms with Crippen LogP contribution in [-0.4, -0.2) is 50.2 Å². The molecular weight excluding hydrogens is 530 g/mol. The van der Waals surface area contributed by atoms with Gasteiger partial charge in [-0.05, 0) is 55.7 Å². The number of halogens is 3. The smallest absolute Gasteiger partial charge is 0.306 e. The Bertz CT molecular complexity index is 986. The molecule has 3 fully saturated rings. The average molecular weight is 561 g/mol. The highest BCUT2D eigenvalue weighted by molar-refractivity contribution is 9.22. The molecule has 0 amide bonds. The van der Waals surface area contributed by atoms with Crippen LogP contribution in [0.25, 0.3) is 0 Å². The topological polar surface area (TPSA) is 80.7 Å². The maximum absolute atomic E-state index is 17.3. The van der Waals surface area contributed by atoms with E-state index in [4.69, 9.17) is 4.74 Å². The van der Waals surface area contributed by atoms with E-state index in [9.17, 15) is 19.5 Å². The normalized spacial score (nSPS) is 47.4. The molecule has 5 nitrogen and oxygen atoms in total. The summed E-state index contributed by atoms with van der Waals surface area (Å²) in [6.45, 7) is 7.04. The molecule has 0 heterocycles. The summed E-state index contributed by atoms with van der Waals surface area (Å²) in [5, 5.41) is 11.5. The molecule has 1 N–H and O–H groups in total. The average Bonchev–Trinajstić information content (AvgIpc) is 2.97. The van der Waals surface area contributed by atoms with Crippen molar-refractivity contribution in [3.8, 4) is 0 Å². The van der Waals surface area contributed by atoms with Gasteiger partial charge in [-0.3, -0.25) is 14.4 Å². The monoisotopic (exact) mass is 560 g/mol. The Labute approximate surface area is 211 Å². The molecule has 34 heavy (non-hydrogen) atoms. The van der Waals surface area contributed by atoms with Gasteiger partial charge in [-0.15, -0.1) is 0 Å². The van der Waals surface area contributed by atoms with Crippen LogP contribution in [0.3, 0.4) is 0 Å². The fourth-order valence-corrected chi connectivity index (χ4v) is 8.95. The molecule has 188 valence electrons. The summed E-state index contributed by atoms with van der Waals surface area (Å²) in [6.07, 6.45) is 1.27. The Morgan fingerprint density at radius 2 is 1.97 bits per heavy atom. The summed E-state index contributed by atoms with van der Waals surface area (Å²) in [5.41, 5.74) is -5.57. The van der Waals surface area contributed by atoms with Crippen LogP contribution < -0.4 is 0 Å². The number of fused-ring (bicyclic) bond motifs is 5. The minimum absolute atomic E-state index is 0.00928. The van der Waals surface area contributed by atoms with Gasteiger partial charge in [0.25, 0.3) is 4.02 Å². The van der Waals surface area contributed by atoms with Crippen LogP contribution in [0.5, 0.6) is 0 Å². The Hall–Kier alpha value is -1.06. The third-order valence-electron chi connectivity index (χ3n) is 9.37. The molecule has 0 spiro atoms. The Morgan fingerprint density at radius 1 is 1.29 bits per heavy atom. The summed E-state index contributed by atoms with van der Waals surface area (Å²) in [7, 11) is 0. The van der Waals surface area contributed by atoms with E-state index in [1.165, 1.54) is 18.2 Å². The van der Waals surface area contributed by atoms with Gasteiger partial charge in [-0.25, -0.2) is 8.78 Å². The van der Waals surface area contributed by atoms with Gasteiger partial charge >= 0.3 is 5.97 Å². The molecule has 4 aliphatic carbocycles. The third kappa shape index (κ3) is 3.35. The molecule has 4 rings (SSSR count). The number of allylic oxidation sites excluding steroid dienone is 4. The van der Waals surface area contributed by atoms with Crippen molar-refractivity contribution in [2.45, 2.75) is 76.9 Å². The van der Waals surface area contributed by atoms with Crippen molar-refractivity contribution in [1.29, 1.82) is 0 Å². The predicted octanol–water partition coefficient (Wildman–Crippen LogP) is 5.49. The largest absolute Gasteiger partial charge is 0.457 e. The molecule has 0 bridgehead atoms. The number of alkyl halides is 2. The minimum Gasteiger partial charge on any atom is -0.457 e. The van der Waals surface area contributed by atoms with Gasteiger partial charge in [0, 0.05) is 44.9 Å². The lowest BCUT2D eigenvalue weighted by Crippen LogP contribution is -2.70. The van der Waals surface area contributed by atoms with Crippen molar-refractivity contribution in [2.75, 3.05) is 5.75 Å². The van der Waals surface area contributed by atoms with Crippen molar-refractivity contribution in [1.82, 2.24) is 0 Å². The van der Waals surface area contributed by atoms with Crippen molar-refractivity contribution in [2.24, 2.45) is 28.6 Å². The Kier molecular flexibility index (Phi) is 6.51. The maximum Gasteiger partial charge on any atom is 0.306 e.